The van der Waals surface area contributed by atoms with E-state index < -0.39 is 0 Å². The van der Waals surface area contributed by atoms with Crippen LogP contribution >= 0.6 is 0 Å². The van der Waals surface area contributed by atoms with Gasteiger partial charge in [-0.1, -0.05) is 19.4 Å². The topological polar surface area (TPSA) is 60.6 Å². The fourth-order valence-electron chi connectivity index (χ4n) is 2.58. The van der Waals surface area contributed by atoms with Gasteiger partial charge >= 0.3 is 0 Å². The maximum Gasteiger partial charge on any atom is 0.266 e. The van der Waals surface area contributed by atoms with Gasteiger partial charge in [-0.05, 0) is 29.3 Å². The first-order chi connectivity index (χ1) is 10.8. The van der Waals surface area contributed by atoms with Crippen LogP contribution in [0.2, 0.25) is 0 Å². The van der Waals surface area contributed by atoms with Crippen molar-refractivity contribution in [3.63, 3.8) is 0 Å². The van der Waals surface area contributed by atoms with Gasteiger partial charge in [0.1, 0.15) is 5.75 Å². The smallest absolute Gasteiger partial charge is 0.266 e. The van der Waals surface area contributed by atoms with Crippen LogP contribution in [0.5, 0.6) is 5.75 Å². The van der Waals surface area contributed by atoms with E-state index >= 15 is 0 Å². The predicted molar refractivity (Wildman–Crippen MR) is 83.3 cm³/mol. The van der Waals surface area contributed by atoms with Crippen LogP contribution in [0.1, 0.15) is 18.9 Å². The first-order valence-electron chi connectivity index (χ1n) is 7.65. The van der Waals surface area contributed by atoms with Crippen molar-refractivity contribution in [3.8, 4) is 17.2 Å². The van der Waals surface area contributed by atoms with Crippen LogP contribution in [0.3, 0.4) is 0 Å². The summed E-state index contributed by atoms with van der Waals surface area (Å²) in [7, 11) is 1.69. The number of aryl methyl sites for hydroxylation is 1. The number of nitrogens with zero attached hydrogens (tertiary/aromatic N) is 3. The van der Waals surface area contributed by atoms with Crippen molar-refractivity contribution in [1.82, 2.24) is 10.1 Å². The van der Waals surface area contributed by atoms with Crippen LogP contribution in [0.4, 0.5) is 5.95 Å². The minimum Gasteiger partial charge on any atom is -0.496 e. The lowest BCUT2D eigenvalue weighted by molar-refractivity contribution is 0.121. The fourth-order valence-corrected chi connectivity index (χ4v) is 2.58. The quantitative estimate of drug-likeness (QED) is 0.846. The molecule has 0 spiro atoms. The van der Waals surface area contributed by atoms with Gasteiger partial charge in [-0.3, -0.25) is 0 Å². The SMILES string of the molecule is CCCc1ccc(-c2nc(N3CCOCC3)no2)cc1OC. The van der Waals surface area contributed by atoms with Gasteiger partial charge in [0.2, 0.25) is 0 Å². The number of hydrogen-bond acceptors (Lipinski definition) is 6. The Hall–Kier alpha value is -2.08. The zero-order chi connectivity index (χ0) is 15.4. The molecule has 0 atom stereocenters. The van der Waals surface area contributed by atoms with Gasteiger partial charge in [0.25, 0.3) is 11.8 Å². The lowest BCUT2D eigenvalue weighted by Gasteiger charge is -2.24. The summed E-state index contributed by atoms with van der Waals surface area (Å²) in [6.07, 6.45) is 2.07. The molecule has 1 aromatic carbocycles. The van der Waals surface area contributed by atoms with E-state index in [1.165, 1.54) is 5.56 Å². The number of morpholine rings is 1. The van der Waals surface area contributed by atoms with Gasteiger partial charge in [0, 0.05) is 18.7 Å². The molecule has 1 saturated heterocycles. The molecule has 6 heteroatoms. The van der Waals surface area contributed by atoms with Gasteiger partial charge < -0.3 is 18.9 Å². The van der Waals surface area contributed by atoms with Crippen LogP contribution < -0.4 is 9.64 Å². The molecule has 22 heavy (non-hydrogen) atoms. The Balaban J connectivity index is 1.83. The highest BCUT2D eigenvalue weighted by Gasteiger charge is 2.18. The van der Waals surface area contributed by atoms with E-state index in [0.29, 0.717) is 25.1 Å². The number of ether oxygens (including phenoxy) is 2. The van der Waals surface area contributed by atoms with Gasteiger partial charge in [-0.25, -0.2) is 0 Å². The van der Waals surface area contributed by atoms with Crippen molar-refractivity contribution in [3.05, 3.63) is 23.8 Å². The third-order valence-corrected chi connectivity index (χ3v) is 3.76. The van der Waals surface area contributed by atoms with E-state index in [1.54, 1.807) is 7.11 Å². The minimum absolute atomic E-state index is 0.517. The number of methoxy groups -OCH3 is 1. The highest BCUT2D eigenvalue weighted by molar-refractivity contribution is 5.59. The largest absolute Gasteiger partial charge is 0.496 e. The first kappa shape index (κ1) is 14.8. The lowest BCUT2D eigenvalue weighted by Crippen LogP contribution is -2.36. The summed E-state index contributed by atoms with van der Waals surface area (Å²) in [6.45, 7) is 5.13. The van der Waals surface area contributed by atoms with Crippen LogP contribution in [-0.4, -0.2) is 43.6 Å². The van der Waals surface area contributed by atoms with Crippen molar-refractivity contribution in [2.75, 3.05) is 38.3 Å². The number of aromatic nitrogens is 2. The molecule has 0 saturated carbocycles. The summed E-state index contributed by atoms with van der Waals surface area (Å²) in [5, 5.41) is 4.07. The Kier molecular flexibility index (Phi) is 4.58. The molecule has 1 aromatic heterocycles. The molecule has 0 N–H and O–H groups in total. The molecule has 118 valence electrons. The molecule has 0 bridgehead atoms. The van der Waals surface area contributed by atoms with Crippen LogP contribution in [0.15, 0.2) is 22.7 Å². The normalized spacial score (nSPS) is 15.1. The Morgan fingerprint density at radius 1 is 1.27 bits per heavy atom. The van der Waals surface area contributed by atoms with Crippen LogP contribution in [0, 0.1) is 0 Å². The predicted octanol–water partition coefficient (Wildman–Crippen LogP) is 2.53. The molecular weight excluding hydrogens is 282 g/mol. The maximum atomic E-state index is 5.47. The van der Waals surface area contributed by atoms with E-state index in [0.717, 1.165) is 37.2 Å². The molecule has 2 aromatic rings. The Bertz CT molecular complexity index is 621. The van der Waals surface area contributed by atoms with Gasteiger partial charge in [-0.15, -0.1) is 0 Å². The maximum absolute atomic E-state index is 5.47. The van der Waals surface area contributed by atoms with E-state index in [2.05, 4.69) is 28.0 Å². The Morgan fingerprint density at radius 3 is 2.82 bits per heavy atom. The summed E-state index contributed by atoms with van der Waals surface area (Å²) in [4.78, 5) is 6.56. The standard InChI is InChI=1S/C16H21N3O3/c1-3-4-12-5-6-13(11-14(12)20-2)15-17-16(18-22-15)19-7-9-21-10-8-19/h5-6,11H,3-4,7-10H2,1-2H3. The van der Waals surface area contributed by atoms with E-state index in [9.17, 15) is 0 Å². The Morgan fingerprint density at radius 2 is 2.09 bits per heavy atom. The second-order valence-electron chi connectivity index (χ2n) is 5.28. The van der Waals surface area contributed by atoms with Crippen LogP contribution in [-0.2, 0) is 11.2 Å². The monoisotopic (exact) mass is 303 g/mol. The summed E-state index contributed by atoms with van der Waals surface area (Å²) < 4.78 is 16.2. The average Bonchev–Trinajstić information content (AvgIpc) is 3.06. The molecule has 0 radical (unpaired) electrons. The molecule has 0 amide bonds. The number of hydrogen-bond donors (Lipinski definition) is 0. The number of anilines is 1. The first-order valence-corrected chi connectivity index (χ1v) is 7.65. The average molecular weight is 303 g/mol. The van der Waals surface area contributed by atoms with Crippen molar-refractivity contribution in [2.45, 2.75) is 19.8 Å². The van der Waals surface area contributed by atoms with Gasteiger partial charge in [0.15, 0.2) is 0 Å². The summed E-state index contributed by atoms with van der Waals surface area (Å²) in [5.41, 5.74) is 2.07. The number of benzene rings is 1. The minimum atomic E-state index is 0.517. The number of rotatable bonds is 5. The van der Waals surface area contributed by atoms with Crippen molar-refractivity contribution in [1.29, 1.82) is 0 Å². The van der Waals surface area contributed by atoms with E-state index in [1.807, 2.05) is 12.1 Å². The molecule has 1 fully saturated rings. The summed E-state index contributed by atoms with van der Waals surface area (Å²) >= 11 is 0. The van der Waals surface area contributed by atoms with E-state index in [-0.39, 0.29) is 0 Å². The van der Waals surface area contributed by atoms with Gasteiger partial charge in [-0.2, -0.15) is 4.98 Å². The van der Waals surface area contributed by atoms with Crippen molar-refractivity contribution >= 4 is 5.95 Å². The van der Waals surface area contributed by atoms with Gasteiger partial charge in [0.05, 0.1) is 20.3 Å². The van der Waals surface area contributed by atoms with E-state index in [4.69, 9.17) is 14.0 Å². The third kappa shape index (κ3) is 3.06. The highest BCUT2D eigenvalue weighted by atomic mass is 16.5. The zero-order valence-corrected chi connectivity index (χ0v) is 13.0. The second kappa shape index (κ2) is 6.79. The molecule has 6 nitrogen and oxygen atoms in total. The summed E-state index contributed by atoms with van der Waals surface area (Å²) in [5.74, 6) is 2.00. The second-order valence-corrected chi connectivity index (χ2v) is 5.28. The zero-order valence-electron chi connectivity index (χ0n) is 13.0. The summed E-state index contributed by atoms with van der Waals surface area (Å²) in [6, 6.07) is 6.03. The fraction of sp³-hybridized carbons (Fsp3) is 0.500. The lowest BCUT2D eigenvalue weighted by atomic mass is 10.1. The van der Waals surface area contributed by atoms with Crippen molar-refractivity contribution in [2.24, 2.45) is 0 Å². The third-order valence-electron chi connectivity index (χ3n) is 3.76. The Labute approximate surface area is 130 Å². The highest BCUT2D eigenvalue weighted by Crippen LogP contribution is 2.28. The molecule has 0 unspecified atom stereocenters. The molecule has 1 aliphatic heterocycles. The molecular formula is C16H21N3O3. The van der Waals surface area contributed by atoms with Crippen molar-refractivity contribution < 1.29 is 14.0 Å². The molecule has 1 aliphatic rings. The molecule has 3 rings (SSSR count). The molecule has 0 aliphatic carbocycles. The molecule has 2 heterocycles. The van der Waals surface area contributed by atoms with Crippen LogP contribution in [0.25, 0.3) is 11.5 Å².